The lowest BCUT2D eigenvalue weighted by atomic mass is 10.2. The Balaban J connectivity index is 2.50. The SMILES string of the molecule is C[C@H](N)COCc1cc(Cl)cc(Cl)c1. The first-order valence-corrected chi connectivity index (χ1v) is 5.12. The van der Waals surface area contributed by atoms with Crippen molar-refractivity contribution < 1.29 is 4.74 Å². The smallest absolute Gasteiger partial charge is 0.0718 e. The van der Waals surface area contributed by atoms with Gasteiger partial charge in [0.05, 0.1) is 13.2 Å². The van der Waals surface area contributed by atoms with Crippen LogP contribution in [0.25, 0.3) is 0 Å². The van der Waals surface area contributed by atoms with Crippen molar-refractivity contribution in [3.63, 3.8) is 0 Å². The monoisotopic (exact) mass is 233 g/mol. The molecule has 1 atom stereocenters. The molecule has 0 aliphatic rings. The Morgan fingerprint density at radius 2 is 1.86 bits per heavy atom. The van der Waals surface area contributed by atoms with Crippen LogP contribution in [0.1, 0.15) is 12.5 Å². The van der Waals surface area contributed by atoms with Crippen LogP contribution in [0.15, 0.2) is 18.2 Å². The molecule has 1 aromatic rings. The molecular weight excluding hydrogens is 221 g/mol. The van der Waals surface area contributed by atoms with Gasteiger partial charge in [0.15, 0.2) is 0 Å². The molecule has 14 heavy (non-hydrogen) atoms. The Kier molecular flexibility index (Phi) is 4.69. The summed E-state index contributed by atoms with van der Waals surface area (Å²) in [5, 5.41) is 1.24. The second-order valence-corrected chi connectivity index (χ2v) is 4.14. The second-order valence-electron chi connectivity index (χ2n) is 3.27. The van der Waals surface area contributed by atoms with Crippen LogP contribution in [0.2, 0.25) is 10.0 Å². The molecular formula is C10H13Cl2NO. The molecule has 0 heterocycles. The zero-order valence-electron chi connectivity index (χ0n) is 7.97. The van der Waals surface area contributed by atoms with Gasteiger partial charge in [0.25, 0.3) is 0 Å². The second kappa shape index (κ2) is 5.56. The van der Waals surface area contributed by atoms with Crippen molar-refractivity contribution in [3.8, 4) is 0 Å². The van der Waals surface area contributed by atoms with Crippen LogP contribution in [-0.2, 0) is 11.3 Å². The van der Waals surface area contributed by atoms with Crippen LogP contribution < -0.4 is 5.73 Å². The fourth-order valence-electron chi connectivity index (χ4n) is 1.06. The van der Waals surface area contributed by atoms with Crippen LogP contribution in [0.5, 0.6) is 0 Å². The Morgan fingerprint density at radius 1 is 1.29 bits per heavy atom. The Hall–Kier alpha value is -0.280. The van der Waals surface area contributed by atoms with E-state index in [-0.39, 0.29) is 6.04 Å². The predicted molar refractivity (Wildman–Crippen MR) is 59.8 cm³/mol. The summed E-state index contributed by atoms with van der Waals surface area (Å²) in [6.07, 6.45) is 0. The first kappa shape index (κ1) is 11.8. The number of rotatable bonds is 4. The molecule has 4 heteroatoms. The maximum absolute atomic E-state index is 5.83. The lowest BCUT2D eigenvalue weighted by molar-refractivity contribution is 0.111. The summed E-state index contributed by atoms with van der Waals surface area (Å²) in [6.45, 7) is 2.91. The highest BCUT2D eigenvalue weighted by atomic mass is 35.5. The van der Waals surface area contributed by atoms with Gasteiger partial charge in [-0.15, -0.1) is 0 Å². The minimum absolute atomic E-state index is 0.0460. The summed E-state index contributed by atoms with van der Waals surface area (Å²) in [4.78, 5) is 0. The molecule has 0 fully saturated rings. The van der Waals surface area contributed by atoms with Crippen molar-refractivity contribution in [3.05, 3.63) is 33.8 Å². The normalized spacial score (nSPS) is 12.9. The minimum Gasteiger partial charge on any atom is -0.375 e. The topological polar surface area (TPSA) is 35.2 Å². The molecule has 0 aliphatic carbocycles. The molecule has 0 amide bonds. The maximum Gasteiger partial charge on any atom is 0.0718 e. The van der Waals surface area contributed by atoms with E-state index in [0.29, 0.717) is 23.3 Å². The summed E-state index contributed by atoms with van der Waals surface area (Å²) in [5.74, 6) is 0. The summed E-state index contributed by atoms with van der Waals surface area (Å²) in [6, 6.07) is 5.39. The van der Waals surface area contributed by atoms with Crippen molar-refractivity contribution in [2.75, 3.05) is 6.61 Å². The number of ether oxygens (including phenoxy) is 1. The number of benzene rings is 1. The zero-order valence-corrected chi connectivity index (χ0v) is 9.48. The zero-order chi connectivity index (χ0) is 10.6. The van der Waals surface area contributed by atoms with Gasteiger partial charge in [-0.1, -0.05) is 23.2 Å². The third-order valence-corrected chi connectivity index (χ3v) is 2.01. The highest BCUT2D eigenvalue weighted by Gasteiger charge is 1.99. The molecule has 1 rings (SSSR count). The Bertz CT molecular complexity index is 282. The van der Waals surface area contributed by atoms with Crippen LogP contribution in [-0.4, -0.2) is 12.6 Å². The van der Waals surface area contributed by atoms with E-state index in [9.17, 15) is 0 Å². The molecule has 0 bridgehead atoms. The van der Waals surface area contributed by atoms with Gasteiger partial charge in [-0.05, 0) is 30.7 Å². The van der Waals surface area contributed by atoms with Crippen LogP contribution in [0, 0.1) is 0 Å². The molecule has 0 saturated heterocycles. The maximum atomic E-state index is 5.83. The lowest BCUT2D eigenvalue weighted by Gasteiger charge is -2.07. The molecule has 0 aromatic heterocycles. The fraction of sp³-hybridized carbons (Fsp3) is 0.400. The minimum atomic E-state index is 0.0460. The van der Waals surface area contributed by atoms with Gasteiger partial charge in [-0.3, -0.25) is 0 Å². The van der Waals surface area contributed by atoms with Gasteiger partial charge in [0, 0.05) is 16.1 Å². The van der Waals surface area contributed by atoms with Gasteiger partial charge in [0.2, 0.25) is 0 Å². The van der Waals surface area contributed by atoms with Gasteiger partial charge < -0.3 is 10.5 Å². The number of nitrogens with two attached hydrogens (primary N) is 1. The molecule has 2 N–H and O–H groups in total. The van der Waals surface area contributed by atoms with Gasteiger partial charge >= 0.3 is 0 Å². The average Bonchev–Trinajstić information content (AvgIpc) is 2.01. The van der Waals surface area contributed by atoms with Crippen LogP contribution in [0.3, 0.4) is 0 Å². The Morgan fingerprint density at radius 3 is 2.36 bits per heavy atom. The first-order chi connectivity index (χ1) is 6.58. The van der Waals surface area contributed by atoms with E-state index in [0.717, 1.165) is 5.56 Å². The van der Waals surface area contributed by atoms with E-state index < -0.39 is 0 Å². The molecule has 0 unspecified atom stereocenters. The fourth-order valence-corrected chi connectivity index (χ4v) is 1.63. The molecule has 0 radical (unpaired) electrons. The van der Waals surface area contributed by atoms with Crippen molar-refractivity contribution in [1.29, 1.82) is 0 Å². The first-order valence-electron chi connectivity index (χ1n) is 4.36. The predicted octanol–water partition coefficient (Wildman–Crippen LogP) is 2.86. The molecule has 2 nitrogen and oxygen atoms in total. The van der Waals surface area contributed by atoms with Crippen molar-refractivity contribution in [1.82, 2.24) is 0 Å². The highest BCUT2D eigenvalue weighted by Crippen LogP contribution is 2.19. The third kappa shape index (κ3) is 4.29. The molecule has 1 aromatic carbocycles. The van der Waals surface area contributed by atoms with Crippen molar-refractivity contribution >= 4 is 23.2 Å². The lowest BCUT2D eigenvalue weighted by Crippen LogP contribution is -2.21. The molecule has 0 saturated carbocycles. The van der Waals surface area contributed by atoms with E-state index in [1.165, 1.54) is 0 Å². The van der Waals surface area contributed by atoms with Crippen molar-refractivity contribution in [2.24, 2.45) is 5.73 Å². The molecule has 0 aliphatic heterocycles. The van der Waals surface area contributed by atoms with E-state index in [4.69, 9.17) is 33.7 Å². The molecule has 0 spiro atoms. The summed E-state index contributed by atoms with van der Waals surface area (Å²) in [7, 11) is 0. The summed E-state index contributed by atoms with van der Waals surface area (Å²) < 4.78 is 5.35. The Labute approximate surface area is 94.0 Å². The van der Waals surface area contributed by atoms with Gasteiger partial charge in [0.1, 0.15) is 0 Å². The number of hydrogen-bond acceptors (Lipinski definition) is 2. The van der Waals surface area contributed by atoms with Gasteiger partial charge in [-0.2, -0.15) is 0 Å². The summed E-state index contributed by atoms with van der Waals surface area (Å²) in [5.41, 5.74) is 6.50. The largest absolute Gasteiger partial charge is 0.375 e. The number of halogens is 2. The molecule has 78 valence electrons. The van der Waals surface area contributed by atoms with Gasteiger partial charge in [-0.25, -0.2) is 0 Å². The van der Waals surface area contributed by atoms with E-state index in [1.54, 1.807) is 6.07 Å². The van der Waals surface area contributed by atoms with Crippen molar-refractivity contribution in [2.45, 2.75) is 19.6 Å². The summed E-state index contributed by atoms with van der Waals surface area (Å²) >= 11 is 11.7. The number of hydrogen-bond donors (Lipinski definition) is 1. The van der Waals surface area contributed by atoms with E-state index >= 15 is 0 Å². The van der Waals surface area contributed by atoms with E-state index in [2.05, 4.69) is 0 Å². The average molecular weight is 234 g/mol. The standard InChI is InChI=1S/C10H13Cl2NO/c1-7(13)5-14-6-8-2-9(11)4-10(12)3-8/h2-4,7H,5-6,13H2,1H3/t7-/m0/s1. The quantitative estimate of drug-likeness (QED) is 0.869. The highest BCUT2D eigenvalue weighted by molar-refractivity contribution is 6.34. The third-order valence-electron chi connectivity index (χ3n) is 1.57. The van der Waals surface area contributed by atoms with E-state index in [1.807, 2.05) is 19.1 Å². The van der Waals surface area contributed by atoms with Crippen LogP contribution >= 0.6 is 23.2 Å². The van der Waals surface area contributed by atoms with Crippen LogP contribution in [0.4, 0.5) is 0 Å².